The summed E-state index contributed by atoms with van der Waals surface area (Å²) >= 11 is 0. The summed E-state index contributed by atoms with van der Waals surface area (Å²) in [6, 6.07) is 7.37. The molecule has 1 fully saturated rings. The van der Waals surface area contributed by atoms with Crippen LogP contribution in [0.25, 0.3) is 0 Å². The molecule has 1 saturated carbocycles. The molecule has 2 rings (SSSR count). The Morgan fingerprint density at radius 3 is 2.55 bits per heavy atom. The van der Waals surface area contributed by atoms with E-state index in [1.165, 1.54) is 32.1 Å². The summed E-state index contributed by atoms with van der Waals surface area (Å²) in [5.41, 5.74) is 6.90. The molecule has 4 nitrogen and oxygen atoms in total. The summed E-state index contributed by atoms with van der Waals surface area (Å²) < 4.78 is 5.85. The maximum absolute atomic E-state index is 11.0. The Labute approximate surface area is 120 Å². The number of carbonyl (C=O) groups excluding carboxylic acids is 1. The number of nitrogens with one attached hydrogen (secondary N) is 1. The Morgan fingerprint density at radius 2 is 1.90 bits per heavy atom. The Balaban J connectivity index is 1.59. The number of amides is 1. The van der Waals surface area contributed by atoms with Gasteiger partial charge in [0.05, 0.1) is 12.7 Å². The van der Waals surface area contributed by atoms with E-state index < -0.39 is 0 Å². The molecular weight excluding hydrogens is 252 g/mol. The Hall–Kier alpha value is -1.39. The largest absolute Gasteiger partial charge is 0.377 e. The van der Waals surface area contributed by atoms with Gasteiger partial charge in [0.15, 0.2) is 0 Å². The monoisotopic (exact) mass is 276 g/mol. The SMILES string of the molecule is NC(=O)c1ccc(CNCCOC2CCCCC2)cc1. The van der Waals surface area contributed by atoms with Crippen molar-refractivity contribution in [3.05, 3.63) is 35.4 Å². The van der Waals surface area contributed by atoms with Gasteiger partial charge in [-0.05, 0) is 30.5 Å². The number of primary amides is 1. The summed E-state index contributed by atoms with van der Waals surface area (Å²) in [7, 11) is 0. The van der Waals surface area contributed by atoms with Gasteiger partial charge in [0, 0.05) is 18.7 Å². The van der Waals surface area contributed by atoms with Gasteiger partial charge < -0.3 is 15.8 Å². The molecule has 0 bridgehead atoms. The minimum Gasteiger partial charge on any atom is -0.377 e. The van der Waals surface area contributed by atoms with E-state index in [0.717, 1.165) is 25.3 Å². The number of carbonyl (C=O) groups is 1. The second-order valence-corrected chi connectivity index (χ2v) is 5.37. The van der Waals surface area contributed by atoms with Crippen LogP contribution >= 0.6 is 0 Å². The molecule has 0 atom stereocenters. The van der Waals surface area contributed by atoms with Crippen molar-refractivity contribution in [3.63, 3.8) is 0 Å². The number of hydrogen-bond donors (Lipinski definition) is 2. The fourth-order valence-corrected chi connectivity index (χ4v) is 2.55. The summed E-state index contributed by atoms with van der Waals surface area (Å²) in [5, 5.41) is 3.35. The van der Waals surface area contributed by atoms with Crippen molar-refractivity contribution in [1.29, 1.82) is 0 Å². The summed E-state index contributed by atoms with van der Waals surface area (Å²) in [4.78, 5) is 11.0. The molecule has 0 radical (unpaired) electrons. The Kier molecular flexibility index (Phi) is 6.02. The van der Waals surface area contributed by atoms with Crippen molar-refractivity contribution >= 4 is 5.91 Å². The highest BCUT2D eigenvalue weighted by Gasteiger charge is 2.12. The van der Waals surface area contributed by atoms with Crippen molar-refractivity contribution in [2.75, 3.05) is 13.2 Å². The maximum atomic E-state index is 11.0. The average Bonchev–Trinajstić information content (AvgIpc) is 2.48. The first-order chi connectivity index (χ1) is 9.75. The van der Waals surface area contributed by atoms with Gasteiger partial charge in [-0.3, -0.25) is 4.79 Å². The third-order valence-corrected chi connectivity index (χ3v) is 3.75. The first-order valence-corrected chi connectivity index (χ1v) is 7.47. The van der Waals surface area contributed by atoms with Crippen LogP contribution in [0.5, 0.6) is 0 Å². The molecular formula is C16H24N2O2. The minimum absolute atomic E-state index is 0.384. The van der Waals surface area contributed by atoms with Crippen LogP contribution in [-0.4, -0.2) is 25.2 Å². The van der Waals surface area contributed by atoms with Gasteiger partial charge in [-0.2, -0.15) is 0 Å². The highest BCUT2D eigenvalue weighted by Crippen LogP contribution is 2.19. The van der Waals surface area contributed by atoms with E-state index in [0.29, 0.717) is 11.7 Å². The van der Waals surface area contributed by atoms with E-state index in [1.54, 1.807) is 12.1 Å². The van der Waals surface area contributed by atoms with Crippen molar-refractivity contribution in [2.45, 2.75) is 44.8 Å². The highest BCUT2D eigenvalue weighted by molar-refractivity contribution is 5.92. The highest BCUT2D eigenvalue weighted by atomic mass is 16.5. The molecule has 1 aromatic rings. The predicted octanol–water partition coefficient (Wildman–Crippen LogP) is 2.22. The predicted molar refractivity (Wildman–Crippen MR) is 79.5 cm³/mol. The van der Waals surface area contributed by atoms with Crippen molar-refractivity contribution in [2.24, 2.45) is 5.73 Å². The lowest BCUT2D eigenvalue weighted by atomic mass is 9.98. The quantitative estimate of drug-likeness (QED) is 0.751. The van der Waals surface area contributed by atoms with Crippen LogP contribution in [0.4, 0.5) is 0 Å². The van der Waals surface area contributed by atoms with Gasteiger partial charge in [0.1, 0.15) is 0 Å². The molecule has 4 heteroatoms. The molecule has 0 spiro atoms. The van der Waals surface area contributed by atoms with Crippen LogP contribution in [0, 0.1) is 0 Å². The Bertz CT molecular complexity index is 411. The fourth-order valence-electron chi connectivity index (χ4n) is 2.55. The normalized spacial score (nSPS) is 16.2. The molecule has 1 aliphatic rings. The van der Waals surface area contributed by atoms with Crippen LogP contribution < -0.4 is 11.1 Å². The van der Waals surface area contributed by atoms with E-state index in [2.05, 4.69) is 5.32 Å². The van der Waals surface area contributed by atoms with Gasteiger partial charge in [-0.15, -0.1) is 0 Å². The molecule has 0 aliphatic heterocycles. The Morgan fingerprint density at radius 1 is 1.20 bits per heavy atom. The molecule has 1 aromatic carbocycles. The fraction of sp³-hybridized carbons (Fsp3) is 0.562. The smallest absolute Gasteiger partial charge is 0.248 e. The van der Waals surface area contributed by atoms with Crippen molar-refractivity contribution in [1.82, 2.24) is 5.32 Å². The number of ether oxygens (including phenoxy) is 1. The zero-order valence-electron chi connectivity index (χ0n) is 11.9. The van der Waals surface area contributed by atoms with Gasteiger partial charge in [0.25, 0.3) is 0 Å². The van der Waals surface area contributed by atoms with E-state index in [1.807, 2.05) is 12.1 Å². The van der Waals surface area contributed by atoms with E-state index >= 15 is 0 Å². The zero-order valence-corrected chi connectivity index (χ0v) is 11.9. The zero-order chi connectivity index (χ0) is 14.2. The molecule has 3 N–H and O–H groups in total. The van der Waals surface area contributed by atoms with Gasteiger partial charge in [0.2, 0.25) is 5.91 Å². The molecule has 0 unspecified atom stereocenters. The van der Waals surface area contributed by atoms with Crippen LogP contribution in [0.2, 0.25) is 0 Å². The van der Waals surface area contributed by atoms with Gasteiger partial charge >= 0.3 is 0 Å². The number of rotatable bonds is 7. The minimum atomic E-state index is -0.384. The molecule has 0 heterocycles. The van der Waals surface area contributed by atoms with Crippen LogP contribution in [0.1, 0.15) is 48.0 Å². The molecule has 110 valence electrons. The molecule has 20 heavy (non-hydrogen) atoms. The third kappa shape index (κ3) is 4.94. The standard InChI is InChI=1S/C16H24N2O2/c17-16(19)14-8-6-13(7-9-14)12-18-10-11-20-15-4-2-1-3-5-15/h6-9,15,18H,1-5,10-12H2,(H2,17,19). The van der Waals surface area contributed by atoms with Crippen LogP contribution in [0.3, 0.4) is 0 Å². The van der Waals surface area contributed by atoms with Crippen molar-refractivity contribution in [3.8, 4) is 0 Å². The van der Waals surface area contributed by atoms with Crippen molar-refractivity contribution < 1.29 is 9.53 Å². The van der Waals surface area contributed by atoms with Crippen LogP contribution in [-0.2, 0) is 11.3 Å². The van der Waals surface area contributed by atoms with E-state index in [-0.39, 0.29) is 5.91 Å². The lowest BCUT2D eigenvalue weighted by molar-refractivity contribution is 0.0302. The molecule has 1 amide bonds. The first kappa shape index (κ1) is 15.0. The van der Waals surface area contributed by atoms with Crippen LogP contribution in [0.15, 0.2) is 24.3 Å². The lowest BCUT2D eigenvalue weighted by Crippen LogP contribution is -2.24. The second kappa shape index (κ2) is 8.02. The van der Waals surface area contributed by atoms with Gasteiger partial charge in [-0.1, -0.05) is 31.4 Å². The second-order valence-electron chi connectivity index (χ2n) is 5.37. The maximum Gasteiger partial charge on any atom is 0.248 e. The third-order valence-electron chi connectivity index (χ3n) is 3.75. The number of benzene rings is 1. The van der Waals surface area contributed by atoms with Gasteiger partial charge in [-0.25, -0.2) is 0 Å². The summed E-state index contributed by atoms with van der Waals surface area (Å²) in [5.74, 6) is -0.384. The number of hydrogen-bond acceptors (Lipinski definition) is 3. The molecule has 0 saturated heterocycles. The van der Waals surface area contributed by atoms with E-state index in [9.17, 15) is 4.79 Å². The number of nitrogens with two attached hydrogens (primary N) is 1. The molecule has 1 aliphatic carbocycles. The first-order valence-electron chi connectivity index (χ1n) is 7.47. The lowest BCUT2D eigenvalue weighted by Gasteiger charge is -2.22. The van der Waals surface area contributed by atoms with E-state index in [4.69, 9.17) is 10.5 Å². The average molecular weight is 276 g/mol. The topological polar surface area (TPSA) is 64.4 Å². The summed E-state index contributed by atoms with van der Waals surface area (Å²) in [6.45, 7) is 2.41. The molecule has 0 aromatic heterocycles. The summed E-state index contributed by atoms with van der Waals surface area (Å²) in [6.07, 6.45) is 6.89.